The van der Waals surface area contributed by atoms with Gasteiger partial charge in [-0.3, -0.25) is 9.59 Å². The summed E-state index contributed by atoms with van der Waals surface area (Å²) in [5, 5.41) is 0. The summed E-state index contributed by atoms with van der Waals surface area (Å²) < 4.78 is 0. The summed E-state index contributed by atoms with van der Waals surface area (Å²) in [6.45, 7) is 4.15. The summed E-state index contributed by atoms with van der Waals surface area (Å²) >= 11 is 0. The third-order valence-corrected chi connectivity index (χ3v) is 3.64. The zero-order chi connectivity index (χ0) is 14.5. The van der Waals surface area contributed by atoms with Crippen LogP contribution in [0.5, 0.6) is 0 Å². The van der Waals surface area contributed by atoms with Crippen LogP contribution in [0.15, 0.2) is 36.4 Å². The van der Waals surface area contributed by atoms with Gasteiger partial charge < -0.3 is 0 Å². The van der Waals surface area contributed by atoms with Crippen LogP contribution >= 0.6 is 0 Å². The summed E-state index contributed by atoms with van der Waals surface area (Å²) in [6, 6.07) is 11.7. The zero-order valence-electron chi connectivity index (χ0n) is 11.8. The van der Waals surface area contributed by atoms with Gasteiger partial charge in [0, 0.05) is 11.1 Å². The Labute approximate surface area is 119 Å². The molecular weight excluding hydrogens is 248 g/mol. The monoisotopic (exact) mass is 266 g/mol. The average molecular weight is 266 g/mol. The smallest absolute Gasteiger partial charge is 0.151 e. The van der Waals surface area contributed by atoms with Crippen molar-refractivity contribution in [3.8, 4) is 11.1 Å². The quantitative estimate of drug-likeness (QED) is 0.763. The van der Waals surface area contributed by atoms with Crippen molar-refractivity contribution >= 4 is 12.6 Å². The second-order valence-corrected chi connectivity index (χ2v) is 4.70. The lowest BCUT2D eigenvalue weighted by Gasteiger charge is -2.17. The maximum atomic E-state index is 11.5. The molecule has 0 aliphatic rings. The molecule has 0 radical (unpaired) electrons. The summed E-state index contributed by atoms with van der Waals surface area (Å²) in [4.78, 5) is 22.8. The predicted molar refractivity (Wildman–Crippen MR) is 81.4 cm³/mol. The summed E-state index contributed by atoms with van der Waals surface area (Å²) in [5.74, 6) is 0. The Hall–Kier alpha value is -2.22. The first-order valence-corrected chi connectivity index (χ1v) is 6.91. The molecule has 0 bridgehead atoms. The third-order valence-electron chi connectivity index (χ3n) is 3.64. The Kier molecular flexibility index (Phi) is 4.46. The minimum atomic E-state index is 0.480. The predicted octanol–water partition coefficient (Wildman–Crippen LogP) is 4.10. The van der Waals surface area contributed by atoms with E-state index in [9.17, 15) is 9.59 Å². The van der Waals surface area contributed by atoms with Crippen LogP contribution in [-0.4, -0.2) is 12.6 Å². The van der Waals surface area contributed by atoms with E-state index < -0.39 is 0 Å². The maximum Gasteiger partial charge on any atom is 0.151 e. The van der Waals surface area contributed by atoms with Crippen molar-refractivity contribution in [1.82, 2.24) is 0 Å². The fourth-order valence-corrected chi connectivity index (χ4v) is 2.70. The highest BCUT2D eigenvalue weighted by Gasteiger charge is 2.16. The largest absolute Gasteiger partial charge is 0.298 e. The highest BCUT2D eigenvalue weighted by Crippen LogP contribution is 2.32. The zero-order valence-corrected chi connectivity index (χ0v) is 11.8. The van der Waals surface area contributed by atoms with Crippen LogP contribution in [-0.2, 0) is 12.8 Å². The molecule has 0 aromatic heterocycles. The molecule has 20 heavy (non-hydrogen) atoms. The van der Waals surface area contributed by atoms with E-state index >= 15 is 0 Å². The number of hydrogen-bond acceptors (Lipinski definition) is 2. The van der Waals surface area contributed by atoms with Gasteiger partial charge in [-0.05, 0) is 41.2 Å². The Morgan fingerprint density at radius 2 is 1.65 bits per heavy atom. The Balaban J connectivity index is 2.87. The van der Waals surface area contributed by atoms with Crippen LogP contribution in [0.2, 0.25) is 0 Å². The van der Waals surface area contributed by atoms with Gasteiger partial charge in [-0.1, -0.05) is 44.2 Å². The summed E-state index contributed by atoms with van der Waals surface area (Å²) in [6.07, 6.45) is 3.26. The lowest BCUT2D eigenvalue weighted by atomic mass is 9.86. The number of hydrogen-bond donors (Lipinski definition) is 0. The molecule has 102 valence electrons. The van der Waals surface area contributed by atoms with Gasteiger partial charge in [0.15, 0.2) is 12.6 Å². The van der Waals surface area contributed by atoms with Gasteiger partial charge in [-0.25, -0.2) is 0 Å². The van der Waals surface area contributed by atoms with E-state index in [1.165, 1.54) is 0 Å². The maximum absolute atomic E-state index is 11.5. The van der Waals surface area contributed by atoms with Gasteiger partial charge in [0.25, 0.3) is 0 Å². The van der Waals surface area contributed by atoms with E-state index in [1.807, 2.05) is 36.4 Å². The molecule has 2 aromatic carbocycles. The summed E-state index contributed by atoms with van der Waals surface area (Å²) in [5.41, 5.74) is 5.17. The molecule has 0 amide bonds. The molecule has 0 spiro atoms. The number of carbonyl (C=O) groups excluding carboxylic acids is 2. The molecule has 0 unspecified atom stereocenters. The molecular formula is C18H18O2. The fraction of sp³-hybridized carbons (Fsp3) is 0.222. The second-order valence-electron chi connectivity index (χ2n) is 4.70. The second kappa shape index (κ2) is 6.29. The Morgan fingerprint density at radius 1 is 0.950 bits per heavy atom. The summed E-state index contributed by atoms with van der Waals surface area (Å²) in [7, 11) is 0. The lowest BCUT2D eigenvalue weighted by Crippen LogP contribution is -2.04. The lowest BCUT2D eigenvalue weighted by molar-refractivity contribution is 0.109. The van der Waals surface area contributed by atoms with E-state index in [2.05, 4.69) is 13.8 Å². The first-order chi connectivity index (χ1) is 9.76. The highest BCUT2D eigenvalue weighted by molar-refractivity contribution is 5.99. The fourth-order valence-electron chi connectivity index (χ4n) is 2.70. The molecule has 0 N–H and O–H groups in total. The molecule has 2 aromatic rings. The van der Waals surface area contributed by atoms with E-state index in [1.54, 1.807) is 0 Å². The molecule has 2 heteroatoms. The molecule has 0 atom stereocenters. The first-order valence-electron chi connectivity index (χ1n) is 6.91. The van der Waals surface area contributed by atoms with E-state index in [0.717, 1.165) is 47.7 Å². The minimum Gasteiger partial charge on any atom is -0.298 e. The van der Waals surface area contributed by atoms with Crippen molar-refractivity contribution < 1.29 is 9.59 Å². The van der Waals surface area contributed by atoms with Crippen LogP contribution in [0.1, 0.15) is 45.7 Å². The first kappa shape index (κ1) is 14.2. The standard InChI is InChI=1S/C18H18O2/c1-3-13-10-15(11-19)17(12-20)18(16(13)4-2)14-8-6-5-7-9-14/h5-12H,3-4H2,1-2H3. The number of aryl methyl sites for hydroxylation is 1. The van der Waals surface area contributed by atoms with Crippen molar-refractivity contribution in [2.75, 3.05) is 0 Å². The topological polar surface area (TPSA) is 34.1 Å². The van der Waals surface area contributed by atoms with Crippen LogP contribution < -0.4 is 0 Å². The Bertz CT molecular complexity index is 628. The SMILES string of the molecule is CCc1cc(C=O)c(C=O)c(-c2ccccc2)c1CC. The number of benzene rings is 2. The van der Waals surface area contributed by atoms with E-state index in [0.29, 0.717) is 11.1 Å². The molecule has 0 saturated carbocycles. The van der Waals surface area contributed by atoms with Crippen molar-refractivity contribution in [3.05, 3.63) is 58.7 Å². The molecule has 2 nitrogen and oxygen atoms in total. The van der Waals surface area contributed by atoms with Gasteiger partial charge in [-0.15, -0.1) is 0 Å². The van der Waals surface area contributed by atoms with Crippen molar-refractivity contribution in [2.24, 2.45) is 0 Å². The minimum absolute atomic E-state index is 0.480. The van der Waals surface area contributed by atoms with Gasteiger partial charge in [0.2, 0.25) is 0 Å². The van der Waals surface area contributed by atoms with Crippen LogP contribution in [0, 0.1) is 0 Å². The van der Waals surface area contributed by atoms with Crippen molar-refractivity contribution in [3.63, 3.8) is 0 Å². The Morgan fingerprint density at radius 3 is 2.15 bits per heavy atom. The normalized spacial score (nSPS) is 10.3. The molecule has 2 rings (SSSR count). The van der Waals surface area contributed by atoms with Crippen LogP contribution in [0.4, 0.5) is 0 Å². The van der Waals surface area contributed by atoms with Crippen LogP contribution in [0.3, 0.4) is 0 Å². The number of aldehydes is 2. The molecule has 0 saturated heterocycles. The van der Waals surface area contributed by atoms with E-state index in [4.69, 9.17) is 0 Å². The molecule has 0 aliphatic carbocycles. The molecule has 0 heterocycles. The molecule has 0 fully saturated rings. The van der Waals surface area contributed by atoms with Gasteiger partial charge in [0.05, 0.1) is 0 Å². The van der Waals surface area contributed by atoms with Gasteiger partial charge in [-0.2, -0.15) is 0 Å². The number of rotatable bonds is 5. The molecule has 0 aliphatic heterocycles. The van der Waals surface area contributed by atoms with Gasteiger partial charge in [0.1, 0.15) is 0 Å². The third kappa shape index (κ3) is 2.42. The van der Waals surface area contributed by atoms with Crippen molar-refractivity contribution in [1.29, 1.82) is 0 Å². The van der Waals surface area contributed by atoms with Crippen molar-refractivity contribution in [2.45, 2.75) is 26.7 Å². The van der Waals surface area contributed by atoms with E-state index in [-0.39, 0.29) is 0 Å². The van der Waals surface area contributed by atoms with Gasteiger partial charge >= 0.3 is 0 Å². The number of carbonyl (C=O) groups is 2. The highest BCUT2D eigenvalue weighted by atomic mass is 16.1. The average Bonchev–Trinajstić information content (AvgIpc) is 2.53. The van der Waals surface area contributed by atoms with Crippen LogP contribution in [0.25, 0.3) is 11.1 Å².